The molecule has 116 valence electrons. The maximum atomic E-state index is 11.2. The van der Waals surface area contributed by atoms with Crippen LogP contribution in [0.15, 0.2) is 10.5 Å². The Morgan fingerprint density at radius 1 is 1.43 bits per heavy atom. The Kier molecular flexibility index (Phi) is 4.66. The number of benzene rings is 1. The van der Waals surface area contributed by atoms with Crippen LogP contribution in [0.25, 0.3) is 0 Å². The van der Waals surface area contributed by atoms with Gasteiger partial charge >= 0.3 is 5.97 Å². The number of methoxy groups -OCH3 is 1. The van der Waals surface area contributed by atoms with Crippen molar-refractivity contribution in [3.63, 3.8) is 0 Å². The van der Waals surface area contributed by atoms with E-state index in [1.54, 1.807) is 7.11 Å². The number of esters is 1. The zero-order chi connectivity index (χ0) is 15.8. The Morgan fingerprint density at radius 2 is 2.10 bits per heavy atom. The standard InChI is InChI=1S/C17H23BrO3/c1-10(21-11(2)19)13-9-12-7-6-8-17(3,4)14(12)15(18)16(13)20-5/h9-10H,6-8H2,1-5H3. The largest absolute Gasteiger partial charge is 0.495 e. The van der Waals surface area contributed by atoms with Crippen LogP contribution in [0.5, 0.6) is 5.75 Å². The van der Waals surface area contributed by atoms with Gasteiger partial charge in [-0.2, -0.15) is 0 Å². The molecule has 1 aliphatic rings. The summed E-state index contributed by atoms with van der Waals surface area (Å²) in [6.45, 7) is 7.85. The fraction of sp³-hybridized carbons (Fsp3) is 0.588. The highest BCUT2D eigenvalue weighted by Gasteiger charge is 2.33. The molecule has 0 heterocycles. The van der Waals surface area contributed by atoms with Crippen LogP contribution in [0, 0.1) is 0 Å². The van der Waals surface area contributed by atoms with Crippen LogP contribution in [-0.4, -0.2) is 13.1 Å². The van der Waals surface area contributed by atoms with Crippen LogP contribution in [0.3, 0.4) is 0 Å². The fourth-order valence-electron chi connectivity index (χ4n) is 3.30. The number of rotatable bonds is 3. The lowest BCUT2D eigenvalue weighted by Crippen LogP contribution is -2.25. The normalized spacial score (nSPS) is 17.8. The zero-order valence-corrected chi connectivity index (χ0v) is 15.0. The second-order valence-electron chi connectivity index (χ2n) is 6.34. The Morgan fingerprint density at radius 3 is 2.67 bits per heavy atom. The molecule has 21 heavy (non-hydrogen) atoms. The summed E-state index contributed by atoms with van der Waals surface area (Å²) in [6, 6.07) is 2.15. The average molecular weight is 355 g/mol. The zero-order valence-electron chi connectivity index (χ0n) is 13.4. The van der Waals surface area contributed by atoms with Crippen LogP contribution >= 0.6 is 15.9 Å². The van der Waals surface area contributed by atoms with Gasteiger partial charge in [0.1, 0.15) is 11.9 Å². The number of aryl methyl sites for hydroxylation is 1. The van der Waals surface area contributed by atoms with E-state index in [-0.39, 0.29) is 17.5 Å². The summed E-state index contributed by atoms with van der Waals surface area (Å²) in [5, 5.41) is 0. The van der Waals surface area contributed by atoms with Gasteiger partial charge < -0.3 is 9.47 Å². The number of fused-ring (bicyclic) bond motifs is 1. The van der Waals surface area contributed by atoms with Gasteiger partial charge in [0.25, 0.3) is 0 Å². The van der Waals surface area contributed by atoms with Gasteiger partial charge in [-0.05, 0) is 64.7 Å². The Labute approximate surface area is 135 Å². The minimum absolute atomic E-state index is 0.128. The average Bonchev–Trinajstić information content (AvgIpc) is 2.36. The molecule has 1 aliphatic carbocycles. The number of ether oxygens (including phenoxy) is 2. The second-order valence-corrected chi connectivity index (χ2v) is 7.13. The summed E-state index contributed by atoms with van der Waals surface area (Å²) >= 11 is 3.72. The van der Waals surface area contributed by atoms with Crippen LogP contribution in [0.1, 0.15) is 63.3 Å². The predicted molar refractivity (Wildman–Crippen MR) is 86.8 cm³/mol. The third-order valence-electron chi connectivity index (χ3n) is 4.24. The van der Waals surface area contributed by atoms with Crippen molar-refractivity contribution in [3.8, 4) is 5.75 Å². The molecule has 0 amide bonds. The van der Waals surface area contributed by atoms with E-state index in [0.717, 1.165) is 22.2 Å². The number of carbonyl (C=O) groups is 1. The Balaban J connectivity index is 2.59. The van der Waals surface area contributed by atoms with Gasteiger partial charge in [-0.25, -0.2) is 0 Å². The maximum absolute atomic E-state index is 11.2. The predicted octanol–water partition coefficient (Wildman–Crippen LogP) is 4.70. The van der Waals surface area contributed by atoms with Crippen molar-refractivity contribution in [3.05, 3.63) is 27.2 Å². The summed E-state index contributed by atoms with van der Waals surface area (Å²) in [6.07, 6.45) is 3.09. The lowest BCUT2D eigenvalue weighted by molar-refractivity contribution is -0.145. The number of hydrogen-bond donors (Lipinski definition) is 0. The molecule has 1 atom stereocenters. The summed E-state index contributed by atoms with van der Waals surface area (Å²) in [4.78, 5) is 11.2. The topological polar surface area (TPSA) is 35.5 Å². The first-order chi connectivity index (χ1) is 9.77. The van der Waals surface area contributed by atoms with E-state index in [1.807, 2.05) is 6.92 Å². The minimum atomic E-state index is -0.316. The fourth-order valence-corrected chi connectivity index (χ4v) is 4.49. The molecule has 0 aromatic heterocycles. The lowest BCUT2D eigenvalue weighted by Gasteiger charge is -2.35. The summed E-state index contributed by atoms with van der Waals surface area (Å²) in [5.74, 6) is 0.496. The summed E-state index contributed by atoms with van der Waals surface area (Å²) < 4.78 is 11.9. The first-order valence-corrected chi connectivity index (χ1v) is 8.14. The van der Waals surface area contributed by atoms with Gasteiger partial charge in [0, 0.05) is 12.5 Å². The molecule has 4 heteroatoms. The smallest absolute Gasteiger partial charge is 0.303 e. The van der Waals surface area contributed by atoms with E-state index in [9.17, 15) is 4.79 Å². The van der Waals surface area contributed by atoms with Crippen molar-refractivity contribution < 1.29 is 14.3 Å². The van der Waals surface area contributed by atoms with E-state index in [1.165, 1.54) is 30.9 Å². The van der Waals surface area contributed by atoms with Crippen molar-refractivity contribution in [2.75, 3.05) is 7.11 Å². The first kappa shape index (κ1) is 16.3. The first-order valence-electron chi connectivity index (χ1n) is 7.35. The van der Waals surface area contributed by atoms with E-state index in [2.05, 4.69) is 35.8 Å². The van der Waals surface area contributed by atoms with Crippen LogP contribution in [-0.2, 0) is 21.4 Å². The highest BCUT2D eigenvalue weighted by atomic mass is 79.9. The van der Waals surface area contributed by atoms with Crippen molar-refractivity contribution in [2.45, 2.75) is 58.5 Å². The van der Waals surface area contributed by atoms with E-state index < -0.39 is 0 Å². The van der Waals surface area contributed by atoms with E-state index >= 15 is 0 Å². The van der Waals surface area contributed by atoms with Gasteiger partial charge in [0.2, 0.25) is 0 Å². The van der Waals surface area contributed by atoms with Gasteiger partial charge in [-0.1, -0.05) is 13.8 Å². The minimum Gasteiger partial charge on any atom is -0.495 e. The van der Waals surface area contributed by atoms with E-state index in [0.29, 0.717) is 0 Å². The number of hydrogen-bond acceptors (Lipinski definition) is 3. The van der Waals surface area contributed by atoms with Gasteiger partial charge in [0.15, 0.2) is 0 Å². The van der Waals surface area contributed by atoms with Crippen LogP contribution < -0.4 is 4.74 Å². The SMILES string of the molecule is COc1c(C(C)OC(C)=O)cc2c(c1Br)C(C)(C)CCC2. The summed E-state index contributed by atoms with van der Waals surface area (Å²) in [7, 11) is 1.66. The van der Waals surface area contributed by atoms with Crippen molar-refractivity contribution in [1.29, 1.82) is 0 Å². The third kappa shape index (κ3) is 3.10. The quantitative estimate of drug-likeness (QED) is 0.738. The Hall–Kier alpha value is -1.03. The Bertz CT molecular complexity index is 564. The molecule has 0 radical (unpaired) electrons. The third-order valence-corrected chi connectivity index (χ3v) is 5.00. The lowest BCUT2D eigenvalue weighted by atomic mass is 9.72. The molecule has 2 rings (SSSR count). The van der Waals surface area contributed by atoms with Crippen molar-refractivity contribution in [2.24, 2.45) is 0 Å². The molecule has 3 nitrogen and oxygen atoms in total. The molecular formula is C17H23BrO3. The molecule has 1 aromatic carbocycles. The van der Waals surface area contributed by atoms with Crippen LogP contribution in [0.4, 0.5) is 0 Å². The van der Waals surface area contributed by atoms with Crippen LogP contribution in [0.2, 0.25) is 0 Å². The molecule has 0 N–H and O–H groups in total. The number of carbonyl (C=O) groups excluding carboxylic acids is 1. The number of halogens is 1. The molecule has 1 aromatic rings. The molecule has 0 bridgehead atoms. The molecule has 0 fully saturated rings. The second kappa shape index (κ2) is 5.99. The molecule has 1 unspecified atom stereocenters. The van der Waals surface area contributed by atoms with Gasteiger partial charge in [-0.3, -0.25) is 4.79 Å². The molecule has 0 saturated carbocycles. The molecule has 0 aliphatic heterocycles. The molecule has 0 spiro atoms. The molecule has 0 saturated heterocycles. The highest BCUT2D eigenvalue weighted by Crippen LogP contribution is 2.47. The van der Waals surface area contributed by atoms with Crippen molar-refractivity contribution >= 4 is 21.9 Å². The van der Waals surface area contributed by atoms with Gasteiger partial charge in [0.05, 0.1) is 11.6 Å². The highest BCUT2D eigenvalue weighted by molar-refractivity contribution is 9.10. The van der Waals surface area contributed by atoms with Gasteiger partial charge in [-0.15, -0.1) is 0 Å². The van der Waals surface area contributed by atoms with Crippen molar-refractivity contribution in [1.82, 2.24) is 0 Å². The molecular weight excluding hydrogens is 332 g/mol. The van der Waals surface area contributed by atoms with E-state index in [4.69, 9.17) is 9.47 Å². The monoisotopic (exact) mass is 354 g/mol. The summed E-state index contributed by atoms with van der Waals surface area (Å²) in [5.41, 5.74) is 3.71. The maximum Gasteiger partial charge on any atom is 0.303 e.